The van der Waals surface area contributed by atoms with E-state index in [9.17, 15) is 4.79 Å². The number of nitrogens with one attached hydrogen (secondary N) is 1. The van der Waals surface area contributed by atoms with Crippen molar-refractivity contribution in [1.29, 1.82) is 0 Å². The molecule has 0 fully saturated rings. The van der Waals surface area contributed by atoms with Crippen molar-refractivity contribution in [3.8, 4) is 0 Å². The molecule has 0 unspecified atom stereocenters. The second kappa shape index (κ2) is 5.35. The van der Waals surface area contributed by atoms with Crippen molar-refractivity contribution in [1.82, 2.24) is 4.98 Å². The third kappa shape index (κ3) is 2.38. The third-order valence-corrected chi connectivity index (χ3v) is 3.42. The van der Waals surface area contributed by atoms with E-state index in [1.54, 1.807) is 18.3 Å². The predicted molar refractivity (Wildman–Crippen MR) is 83.4 cm³/mol. The van der Waals surface area contributed by atoms with Crippen molar-refractivity contribution in [2.24, 2.45) is 0 Å². The van der Waals surface area contributed by atoms with Crippen molar-refractivity contribution in [2.75, 3.05) is 5.32 Å². The lowest BCUT2D eigenvalue weighted by atomic mass is 10.1. The molecule has 3 rings (SSSR count). The van der Waals surface area contributed by atoms with E-state index in [0.717, 1.165) is 10.9 Å². The first kappa shape index (κ1) is 12.7. The van der Waals surface area contributed by atoms with E-state index in [-0.39, 0.29) is 5.91 Å². The molecule has 2 aromatic carbocycles. The van der Waals surface area contributed by atoms with Crippen molar-refractivity contribution in [3.05, 3.63) is 66.4 Å². The Hall–Kier alpha value is -2.33. The van der Waals surface area contributed by atoms with E-state index in [0.29, 0.717) is 16.1 Å². The maximum atomic E-state index is 12.3. The van der Waals surface area contributed by atoms with Gasteiger partial charge in [-0.25, -0.2) is 0 Å². The molecule has 0 spiro atoms. The molecule has 1 N–H and O–H groups in total. The minimum Gasteiger partial charge on any atom is -0.320 e. The summed E-state index contributed by atoms with van der Waals surface area (Å²) >= 11 is 4.30. The van der Waals surface area contributed by atoms with Gasteiger partial charge >= 0.3 is 0 Å². The standard InChI is InChI=1S/C16H12N2OS/c19-16(12-7-1-2-9-14(12)20)18-13-8-3-5-11-6-4-10-17-15(11)13/h1-10,20H,(H,18,19). The Balaban J connectivity index is 1.98. The first-order valence-electron chi connectivity index (χ1n) is 6.19. The van der Waals surface area contributed by atoms with Gasteiger partial charge in [0.05, 0.1) is 16.8 Å². The molecule has 3 aromatic rings. The summed E-state index contributed by atoms with van der Waals surface area (Å²) in [5.41, 5.74) is 2.02. The van der Waals surface area contributed by atoms with Crippen LogP contribution in [0, 0.1) is 0 Å². The fourth-order valence-corrected chi connectivity index (χ4v) is 2.32. The molecular formula is C16H12N2OS. The van der Waals surface area contributed by atoms with Crippen molar-refractivity contribution >= 4 is 35.1 Å². The Morgan fingerprint density at radius 3 is 2.65 bits per heavy atom. The molecule has 1 aromatic heterocycles. The summed E-state index contributed by atoms with van der Waals surface area (Å²) < 4.78 is 0. The lowest BCUT2D eigenvalue weighted by Gasteiger charge is -2.09. The molecule has 1 heterocycles. The smallest absolute Gasteiger partial charge is 0.256 e. The first-order valence-corrected chi connectivity index (χ1v) is 6.63. The molecule has 0 radical (unpaired) electrons. The number of hydrogen-bond donors (Lipinski definition) is 2. The summed E-state index contributed by atoms with van der Waals surface area (Å²) in [7, 11) is 0. The lowest BCUT2D eigenvalue weighted by Crippen LogP contribution is -2.13. The number of thiol groups is 1. The topological polar surface area (TPSA) is 42.0 Å². The number of rotatable bonds is 2. The van der Waals surface area contributed by atoms with Crippen LogP contribution in [0.2, 0.25) is 0 Å². The van der Waals surface area contributed by atoms with E-state index < -0.39 is 0 Å². The Kier molecular flexibility index (Phi) is 3.39. The van der Waals surface area contributed by atoms with Crippen LogP contribution in [-0.2, 0) is 0 Å². The van der Waals surface area contributed by atoms with Crippen LogP contribution in [0.5, 0.6) is 0 Å². The highest BCUT2D eigenvalue weighted by Crippen LogP contribution is 2.22. The van der Waals surface area contributed by atoms with Crippen LogP contribution in [-0.4, -0.2) is 10.9 Å². The maximum Gasteiger partial charge on any atom is 0.256 e. The Labute approximate surface area is 122 Å². The molecule has 4 heteroatoms. The number of pyridine rings is 1. The van der Waals surface area contributed by atoms with E-state index >= 15 is 0 Å². The fraction of sp³-hybridized carbons (Fsp3) is 0. The van der Waals surface area contributed by atoms with Gasteiger partial charge in [0.15, 0.2) is 0 Å². The Bertz CT molecular complexity index is 781. The maximum absolute atomic E-state index is 12.3. The molecule has 0 aliphatic heterocycles. The van der Waals surface area contributed by atoms with Gasteiger partial charge in [-0.05, 0) is 24.3 Å². The van der Waals surface area contributed by atoms with Gasteiger partial charge in [0.2, 0.25) is 0 Å². The molecule has 0 saturated heterocycles. The zero-order chi connectivity index (χ0) is 13.9. The molecule has 3 nitrogen and oxygen atoms in total. The van der Waals surface area contributed by atoms with Crippen LogP contribution in [0.4, 0.5) is 5.69 Å². The molecule has 0 saturated carbocycles. The quantitative estimate of drug-likeness (QED) is 0.702. The second-order valence-electron chi connectivity index (χ2n) is 4.35. The molecule has 20 heavy (non-hydrogen) atoms. The van der Waals surface area contributed by atoms with Gasteiger partial charge in [0, 0.05) is 16.5 Å². The number of carbonyl (C=O) groups is 1. The van der Waals surface area contributed by atoms with Gasteiger partial charge in [-0.2, -0.15) is 0 Å². The molecule has 0 bridgehead atoms. The number of fused-ring (bicyclic) bond motifs is 1. The number of para-hydroxylation sites is 1. The largest absolute Gasteiger partial charge is 0.320 e. The highest BCUT2D eigenvalue weighted by Gasteiger charge is 2.10. The average molecular weight is 280 g/mol. The van der Waals surface area contributed by atoms with Crippen LogP contribution >= 0.6 is 12.6 Å². The summed E-state index contributed by atoms with van der Waals surface area (Å²) in [6.45, 7) is 0. The van der Waals surface area contributed by atoms with Gasteiger partial charge in [-0.1, -0.05) is 30.3 Å². The van der Waals surface area contributed by atoms with E-state index in [1.807, 2.05) is 42.5 Å². The first-order chi connectivity index (χ1) is 9.75. The number of nitrogens with zero attached hydrogens (tertiary/aromatic N) is 1. The fourth-order valence-electron chi connectivity index (χ4n) is 2.06. The van der Waals surface area contributed by atoms with Gasteiger partial charge in [-0.3, -0.25) is 9.78 Å². The molecule has 1 amide bonds. The number of hydrogen-bond acceptors (Lipinski definition) is 3. The molecule has 0 aliphatic carbocycles. The summed E-state index contributed by atoms with van der Waals surface area (Å²) in [6.07, 6.45) is 1.71. The second-order valence-corrected chi connectivity index (χ2v) is 4.83. The number of aromatic nitrogens is 1. The van der Waals surface area contributed by atoms with E-state index in [4.69, 9.17) is 0 Å². The summed E-state index contributed by atoms with van der Waals surface area (Å²) in [5.74, 6) is -0.186. The van der Waals surface area contributed by atoms with Gasteiger partial charge < -0.3 is 5.32 Å². The van der Waals surface area contributed by atoms with Gasteiger partial charge in [-0.15, -0.1) is 12.6 Å². The Morgan fingerprint density at radius 2 is 1.80 bits per heavy atom. The van der Waals surface area contributed by atoms with Crippen molar-refractivity contribution in [3.63, 3.8) is 0 Å². The highest BCUT2D eigenvalue weighted by atomic mass is 32.1. The van der Waals surface area contributed by atoms with Gasteiger partial charge in [0.1, 0.15) is 0 Å². The monoisotopic (exact) mass is 280 g/mol. The SMILES string of the molecule is O=C(Nc1cccc2cccnc12)c1ccccc1S. The average Bonchev–Trinajstić information content (AvgIpc) is 2.48. The number of anilines is 1. The third-order valence-electron chi connectivity index (χ3n) is 3.03. The van der Waals surface area contributed by atoms with Crippen LogP contribution in [0.3, 0.4) is 0 Å². The molecule has 98 valence electrons. The number of amides is 1. The van der Waals surface area contributed by atoms with Gasteiger partial charge in [0.25, 0.3) is 5.91 Å². The van der Waals surface area contributed by atoms with E-state index in [1.165, 1.54) is 0 Å². The number of carbonyl (C=O) groups excluding carboxylic acids is 1. The van der Waals surface area contributed by atoms with Crippen LogP contribution in [0.1, 0.15) is 10.4 Å². The molecular weight excluding hydrogens is 268 g/mol. The summed E-state index contributed by atoms with van der Waals surface area (Å²) in [6, 6.07) is 16.7. The lowest BCUT2D eigenvalue weighted by molar-refractivity contribution is 0.102. The minimum atomic E-state index is -0.186. The molecule has 0 aliphatic rings. The highest BCUT2D eigenvalue weighted by molar-refractivity contribution is 7.80. The predicted octanol–water partition coefficient (Wildman–Crippen LogP) is 3.78. The van der Waals surface area contributed by atoms with Crippen LogP contribution in [0.15, 0.2) is 65.7 Å². The van der Waals surface area contributed by atoms with Crippen molar-refractivity contribution in [2.45, 2.75) is 4.90 Å². The zero-order valence-corrected chi connectivity index (χ0v) is 11.5. The Morgan fingerprint density at radius 1 is 1.00 bits per heavy atom. The van der Waals surface area contributed by atoms with Crippen LogP contribution < -0.4 is 5.32 Å². The summed E-state index contributed by atoms with van der Waals surface area (Å²) in [5, 5.41) is 3.88. The van der Waals surface area contributed by atoms with E-state index in [2.05, 4.69) is 22.9 Å². The van der Waals surface area contributed by atoms with Crippen LogP contribution in [0.25, 0.3) is 10.9 Å². The normalized spacial score (nSPS) is 10.4. The molecule has 0 atom stereocenters. The minimum absolute atomic E-state index is 0.186. The zero-order valence-electron chi connectivity index (χ0n) is 10.6. The number of benzene rings is 2. The summed E-state index contributed by atoms with van der Waals surface area (Å²) in [4.78, 5) is 17.3. The van der Waals surface area contributed by atoms with Crippen molar-refractivity contribution < 1.29 is 4.79 Å².